The van der Waals surface area contributed by atoms with Crippen LogP contribution in [0.5, 0.6) is 0 Å². The van der Waals surface area contributed by atoms with Gasteiger partial charge in [-0.05, 0) is 26.7 Å². The zero-order chi connectivity index (χ0) is 15.4. The third-order valence-corrected chi connectivity index (χ3v) is 3.26. The van der Waals surface area contributed by atoms with Crippen LogP contribution in [0.4, 0.5) is 10.5 Å². The average Bonchev–Trinajstić information content (AvgIpc) is 3.05. The molecule has 0 saturated carbocycles. The first kappa shape index (κ1) is 15.3. The van der Waals surface area contributed by atoms with Crippen LogP contribution in [0.1, 0.15) is 32.7 Å². The predicted molar refractivity (Wildman–Crippen MR) is 75.2 cm³/mol. The van der Waals surface area contributed by atoms with Crippen molar-refractivity contribution in [1.82, 2.24) is 15.1 Å². The van der Waals surface area contributed by atoms with Gasteiger partial charge in [0.1, 0.15) is 0 Å². The number of nitrogens with one attached hydrogen (secondary N) is 2. The number of hydrogen-bond acceptors (Lipinski definition) is 4. The monoisotopic (exact) mass is 296 g/mol. The van der Waals surface area contributed by atoms with E-state index >= 15 is 0 Å². The Balaban J connectivity index is 1.73. The van der Waals surface area contributed by atoms with Crippen LogP contribution < -0.4 is 10.6 Å². The van der Waals surface area contributed by atoms with Gasteiger partial charge in [0.2, 0.25) is 0 Å². The van der Waals surface area contributed by atoms with Crippen LogP contribution in [0.25, 0.3) is 0 Å². The van der Waals surface area contributed by atoms with Crippen molar-refractivity contribution >= 4 is 17.7 Å². The van der Waals surface area contributed by atoms with Crippen LogP contribution in [0.15, 0.2) is 12.4 Å². The number of carboxylic acids is 1. The minimum atomic E-state index is -0.956. The molecule has 0 bridgehead atoms. The normalized spacial score (nSPS) is 21.5. The summed E-state index contributed by atoms with van der Waals surface area (Å²) in [6, 6.07) is -0.135. The van der Waals surface area contributed by atoms with E-state index in [0.717, 1.165) is 0 Å². The Morgan fingerprint density at radius 3 is 2.86 bits per heavy atom. The van der Waals surface area contributed by atoms with E-state index in [-0.39, 0.29) is 24.7 Å². The standard InChI is InChI=1S/C13H20N4O4/c1-8(2)17-7-9(5-15-17)16-13(20)14-6-10-3-4-11(21-10)12(18)19/h5,7-8,10-11H,3-4,6H2,1-2H3,(H,18,19)(H2,14,16,20). The summed E-state index contributed by atoms with van der Waals surface area (Å²) in [6.07, 6.45) is 3.41. The van der Waals surface area contributed by atoms with Gasteiger partial charge in [-0.2, -0.15) is 5.10 Å². The molecule has 0 aliphatic carbocycles. The van der Waals surface area contributed by atoms with E-state index in [1.807, 2.05) is 13.8 Å². The van der Waals surface area contributed by atoms with Gasteiger partial charge in [-0.15, -0.1) is 0 Å². The lowest BCUT2D eigenvalue weighted by Crippen LogP contribution is -2.35. The summed E-state index contributed by atoms with van der Waals surface area (Å²) in [5.41, 5.74) is 0.608. The van der Waals surface area contributed by atoms with Gasteiger partial charge in [-0.3, -0.25) is 4.68 Å². The molecule has 0 radical (unpaired) electrons. The van der Waals surface area contributed by atoms with E-state index < -0.39 is 12.1 Å². The second-order valence-electron chi connectivity index (χ2n) is 5.30. The maximum absolute atomic E-state index is 11.7. The van der Waals surface area contributed by atoms with Crippen molar-refractivity contribution in [3.05, 3.63) is 12.4 Å². The van der Waals surface area contributed by atoms with Crippen molar-refractivity contribution in [2.24, 2.45) is 0 Å². The van der Waals surface area contributed by atoms with Gasteiger partial charge in [0.15, 0.2) is 6.10 Å². The highest BCUT2D eigenvalue weighted by Gasteiger charge is 2.30. The van der Waals surface area contributed by atoms with Gasteiger partial charge in [0.05, 0.1) is 18.0 Å². The number of hydrogen-bond donors (Lipinski definition) is 3. The van der Waals surface area contributed by atoms with Crippen LogP contribution in [0.2, 0.25) is 0 Å². The minimum absolute atomic E-state index is 0.225. The molecule has 1 aliphatic heterocycles. The lowest BCUT2D eigenvalue weighted by atomic mass is 10.2. The number of carboxylic acid groups (broad SMARTS) is 1. The highest BCUT2D eigenvalue weighted by molar-refractivity contribution is 5.88. The number of amides is 2. The first-order chi connectivity index (χ1) is 9.95. The zero-order valence-electron chi connectivity index (χ0n) is 12.1. The molecule has 2 unspecified atom stereocenters. The Bertz CT molecular complexity index is 514. The van der Waals surface area contributed by atoms with Crippen molar-refractivity contribution in [3.8, 4) is 0 Å². The van der Waals surface area contributed by atoms with Crippen molar-refractivity contribution in [1.29, 1.82) is 0 Å². The quantitative estimate of drug-likeness (QED) is 0.757. The lowest BCUT2D eigenvalue weighted by molar-refractivity contribution is -0.149. The van der Waals surface area contributed by atoms with Crippen molar-refractivity contribution in [2.75, 3.05) is 11.9 Å². The largest absolute Gasteiger partial charge is 0.479 e. The van der Waals surface area contributed by atoms with Crippen LogP contribution >= 0.6 is 0 Å². The zero-order valence-corrected chi connectivity index (χ0v) is 12.1. The molecular formula is C13H20N4O4. The second-order valence-corrected chi connectivity index (χ2v) is 5.30. The number of ether oxygens (including phenoxy) is 1. The molecule has 1 aromatic rings. The summed E-state index contributed by atoms with van der Waals surface area (Å²) in [5, 5.41) is 18.3. The summed E-state index contributed by atoms with van der Waals surface area (Å²) in [6.45, 7) is 4.27. The lowest BCUT2D eigenvalue weighted by Gasteiger charge is -2.12. The molecule has 21 heavy (non-hydrogen) atoms. The number of rotatable bonds is 5. The molecule has 0 aromatic carbocycles. The van der Waals surface area contributed by atoms with Gasteiger partial charge in [-0.1, -0.05) is 0 Å². The summed E-state index contributed by atoms with van der Waals surface area (Å²) in [7, 11) is 0. The number of anilines is 1. The molecule has 8 nitrogen and oxygen atoms in total. The first-order valence-corrected chi connectivity index (χ1v) is 6.93. The average molecular weight is 296 g/mol. The van der Waals surface area contributed by atoms with E-state index in [1.54, 1.807) is 17.1 Å². The molecule has 2 rings (SSSR count). The molecule has 1 aromatic heterocycles. The summed E-state index contributed by atoms with van der Waals surface area (Å²) >= 11 is 0. The Kier molecular flexibility index (Phi) is 4.79. The van der Waals surface area contributed by atoms with Gasteiger partial charge >= 0.3 is 12.0 Å². The first-order valence-electron chi connectivity index (χ1n) is 6.93. The number of nitrogens with zero attached hydrogens (tertiary/aromatic N) is 2. The molecule has 116 valence electrons. The third-order valence-electron chi connectivity index (χ3n) is 3.26. The predicted octanol–water partition coefficient (Wildman–Crippen LogP) is 1.22. The van der Waals surface area contributed by atoms with Crippen LogP contribution in [-0.2, 0) is 9.53 Å². The van der Waals surface area contributed by atoms with Crippen LogP contribution in [-0.4, -0.2) is 45.6 Å². The molecule has 1 fully saturated rings. The highest BCUT2D eigenvalue weighted by Crippen LogP contribution is 2.19. The second kappa shape index (κ2) is 6.57. The van der Waals surface area contributed by atoms with E-state index in [2.05, 4.69) is 15.7 Å². The molecule has 8 heteroatoms. The Morgan fingerprint density at radius 1 is 1.52 bits per heavy atom. The molecule has 2 atom stereocenters. The summed E-state index contributed by atoms with van der Waals surface area (Å²) in [4.78, 5) is 22.5. The van der Waals surface area contributed by atoms with Crippen LogP contribution in [0.3, 0.4) is 0 Å². The Hall–Kier alpha value is -2.09. The number of urea groups is 1. The van der Waals surface area contributed by atoms with E-state index in [4.69, 9.17) is 9.84 Å². The third kappa shape index (κ3) is 4.19. The van der Waals surface area contributed by atoms with E-state index in [0.29, 0.717) is 18.5 Å². The molecule has 0 spiro atoms. The minimum Gasteiger partial charge on any atom is -0.479 e. The summed E-state index contributed by atoms with van der Waals surface area (Å²) < 4.78 is 7.04. The SMILES string of the molecule is CC(C)n1cc(NC(=O)NCC2CCC(C(=O)O)O2)cn1. The number of aliphatic carboxylic acids is 1. The van der Waals surface area contributed by atoms with Gasteiger partial charge in [-0.25, -0.2) is 9.59 Å². The maximum Gasteiger partial charge on any atom is 0.332 e. The van der Waals surface area contributed by atoms with Crippen molar-refractivity contribution in [3.63, 3.8) is 0 Å². The molecule has 3 N–H and O–H groups in total. The van der Waals surface area contributed by atoms with Gasteiger partial charge < -0.3 is 20.5 Å². The fraction of sp³-hybridized carbons (Fsp3) is 0.615. The van der Waals surface area contributed by atoms with E-state index in [1.165, 1.54) is 0 Å². The molecule has 2 heterocycles. The fourth-order valence-electron chi connectivity index (χ4n) is 2.10. The van der Waals surface area contributed by atoms with Crippen LogP contribution in [0, 0.1) is 0 Å². The van der Waals surface area contributed by atoms with E-state index in [9.17, 15) is 9.59 Å². The molecular weight excluding hydrogens is 276 g/mol. The van der Waals surface area contributed by atoms with Gasteiger partial charge in [0.25, 0.3) is 0 Å². The fourth-order valence-corrected chi connectivity index (χ4v) is 2.10. The number of carbonyl (C=O) groups is 2. The Labute approximate surface area is 122 Å². The maximum atomic E-state index is 11.7. The van der Waals surface area contributed by atoms with Crippen molar-refractivity contribution in [2.45, 2.75) is 44.9 Å². The smallest absolute Gasteiger partial charge is 0.332 e. The number of aromatic nitrogens is 2. The highest BCUT2D eigenvalue weighted by atomic mass is 16.5. The molecule has 2 amide bonds. The Morgan fingerprint density at radius 2 is 2.29 bits per heavy atom. The topological polar surface area (TPSA) is 105 Å². The molecule has 1 aliphatic rings. The van der Waals surface area contributed by atoms with Gasteiger partial charge in [0, 0.05) is 18.8 Å². The number of carbonyl (C=O) groups excluding carboxylic acids is 1. The summed E-state index contributed by atoms with van der Waals surface area (Å²) in [5.74, 6) is -0.956. The molecule has 1 saturated heterocycles. The van der Waals surface area contributed by atoms with Crippen molar-refractivity contribution < 1.29 is 19.4 Å².